The van der Waals surface area contributed by atoms with Crippen LogP contribution in [0, 0.1) is 5.92 Å². The van der Waals surface area contributed by atoms with E-state index in [0.29, 0.717) is 16.0 Å². The summed E-state index contributed by atoms with van der Waals surface area (Å²) in [4.78, 5) is 0. The number of allylic oxidation sites excluding steroid dienone is 1. The van der Waals surface area contributed by atoms with Crippen LogP contribution in [0.3, 0.4) is 0 Å². The normalized spacial score (nSPS) is 11.5. The minimum atomic E-state index is 0.677. The molecule has 1 aromatic carbocycles. The van der Waals surface area contributed by atoms with Gasteiger partial charge in [0.1, 0.15) is 0 Å². The zero-order chi connectivity index (χ0) is 10.6. The average Bonchev–Trinajstić information content (AvgIpc) is 2.08. The first-order valence-corrected chi connectivity index (χ1v) is 5.47. The van der Waals surface area contributed by atoms with Crippen molar-refractivity contribution >= 4 is 29.3 Å². The molecule has 0 saturated carbocycles. The lowest BCUT2D eigenvalue weighted by atomic mass is 10.1. The van der Waals surface area contributed by atoms with Crippen molar-refractivity contribution < 1.29 is 0 Å². The van der Waals surface area contributed by atoms with Crippen LogP contribution in [0.1, 0.15) is 25.8 Å². The number of benzene rings is 1. The van der Waals surface area contributed by atoms with Crippen molar-refractivity contribution in [1.29, 1.82) is 0 Å². The maximum absolute atomic E-state index is 6.01. The van der Waals surface area contributed by atoms with E-state index in [0.717, 1.165) is 12.0 Å². The van der Waals surface area contributed by atoms with Crippen molar-refractivity contribution in [3.05, 3.63) is 39.9 Å². The Bertz CT molecular complexity index is 327. The molecule has 76 valence electrons. The van der Waals surface area contributed by atoms with Crippen LogP contribution in [-0.2, 0) is 0 Å². The molecule has 0 radical (unpaired) electrons. The quantitative estimate of drug-likeness (QED) is 0.680. The number of hydrogen-bond acceptors (Lipinski definition) is 0. The fraction of sp³-hybridized carbons (Fsp3) is 0.333. The zero-order valence-electron chi connectivity index (χ0n) is 8.43. The maximum Gasteiger partial charge on any atom is 0.0493 e. The van der Waals surface area contributed by atoms with Gasteiger partial charge in [0.2, 0.25) is 0 Å². The van der Waals surface area contributed by atoms with E-state index in [9.17, 15) is 0 Å². The molecule has 0 heterocycles. The third-order valence-electron chi connectivity index (χ3n) is 1.87. The molecule has 0 aliphatic heterocycles. The molecule has 0 saturated heterocycles. The lowest BCUT2D eigenvalue weighted by Gasteiger charge is -2.00. The molecule has 0 aliphatic rings. The molecular weight excluding hydrogens is 215 g/mol. The topological polar surface area (TPSA) is 0 Å². The van der Waals surface area contributed by atoms with Gasteiger partial charge in [-0.15, -0.1) is 0 Å². The zero-order valence-corrected chi connectivity index (χ0v) is 9.94. The highest BCUT2D eigenvalue weighted by Crippen LogP contribution is 2.22. The van der Waals surface area contributed by atoms with Gasteiger partial charge < -0.3 is 0 Å². The fourth-order valence-electron chi connectivity index (χ4n) is 1.10. The minimum absolute atomic E-state index is 0.677. The third kappa shape index (κ3) is 3.73. The lowest BCUT2D eigenvalue weighted by Crippen LogP contribution is -1.81. The highest BCUT2D eigenvalue weighted by molar-refractivity contribution is 6.35. The SMILES string of the molecule is CC(C)C/C=C/c1ccc(Cl)cc1Cl. The van der Waals surface area contributed by atoms with E-state index in [4.69, 9.17) is 23.2 Å². The Morgan fingerprint density at radius 3 is 2.57 bits per heavy atom. The van der Waals surface area contributed by atoms with E-state index < -0.39 is 0 Å². The van der Waals surface area contributed by atoms with Gasteiger partial charge in [0.05, 0.1) is 0 Å². The van der Waals surface area contributed by atoms with Gasteiger partial charge in [-0.2, -0.15) is 0 Å². The van der Waals surface area contributed by atoms with Crippen LogP contribution < -0.4 is 0 Å². The Morgan fingerprint density at radius 2 is 2.00 bits per heavy atom. The standard InChI is InChI=1S/C12H14Cl2/c1-9(2)4-3-5-10-6-7-11(13)8-12(10)14/h3,5-9H,4H2,1-2H3/b5-3+. The summed E-state index contributed by atoms with van der Waals surface area (Å²) >= 11 is 11.8. The van der Waals surface area contributed by atoms with Crippen LogP contribution in [0.15, 0.2) is 24.3 Å². The molecule has 0 bridgehead atoms. The first kappa shape index (κ1) is 11.6. The molecule has 0 fully saturated rings. The van der Waals surface area contributed by atoms with Gasteiger partial charge in [-0.1, -0.05) is 55.3 Å². The molecule has 1 aromatic rings. The van der Waals surface area contributed by atoms with Crippen molar-refractivity contribution in [2.24, 2.45) is 5.92 Å². The highest BCUT2D eigenvalue weighted by atomic mass is 35.5. The molecule has 0 nitrogen and oxygen atoms in total. The van der Waals surface area contributed by atoms with Gasteiger partial charge >= 0.3 is 0 Å². The van der Waals surface area contributed by atoms with Crippen LogP contribution in [0.5, 0.6) is 0 Å². The molecule has 0 N–H and O–H groups in total. The monoisotopic (exact) mass is 228 g/mol. The first-order valence-electron chi connectivity index (χ1n) is 4.71. The van der Waals surface area contributed by atoms with Gasteiger partial charge in [-0.05, 0) is 30.0 Å². The van der Waals surface area contributed by atoms with Crippen LogP contribution in [0.2, 0.25) is 10.0 Å². The van der Waals surface area contributed by atoms with E-state index in [1.807, 2.05) is 18.2 Å². The van der Waals surface area contributed by atoms with Gasteiger partial charge in [0.25, 0.3) is 0 Å². The number of halogens is 2. The van der Waals surface area contributed by atoms with Crippen molar-refractivity contribution in [1.82, 2.24) is 0 Å². The third-order valence-corrected chi connectivity index (χ3v) is 2.43. The summed E-state index contributed by atoms with van der Waals surface area (Å²) in [5, 5.41) is 1.38. The molecule has 0 aromatic heterocycles. The Morgan fingerprint density at radius 1 is 1.29 bits per heavy atom. The molecule has 0 unspecified atom stereocenters. The molecule has 0 amide bonds. The Balaban J connectivity index is 2.72. The molecular formula is C12H14Cl2. The van der Waals surface area contributed by atoms with Crippen LogP contribution >= 0.6 is 23.2 Å². The fourth-order valence-corrected chi connectivity index (χ4v) is 1.58. The molecule has 0 atom stereocenters. The second kappa shape index (κ2) is 5.43. The van der Waals surface area contributed by atoms with E-state index in [-0.39, 0.29) is 0 Å². The van der Waals surface area contributed by atoms with Gasteiger partial charge in [-0.25, -0.2) is 0 Å². The van der Waals surface area contributed by atoms with E-state index in [1.54, 1.807) is 6.07 Å². The van der Waals surface area contributed by atoms with E-state index >= 15 is 0 Å². The Labute approximate surface area is 95.5 Å². The summed E-state index contributed by atoms with van der Waals surface area (Å²) in [6.45, 7) is 4.38. The van der Waals surface area contributed by atoms with Crippen molar-refractivity contribution in [3.63, 3.8) is 0 Å². The van der Waals surface area contributed by atoms with E-state index in [2.05, 4.69) is 19.9 Å². The van der Waals surface area contributed by atoms with E-state index in [1.165, 1.54) is 0 Å². The van der Waals surface area contributed by atoms with Gasteiger partial charge in [0.15, 0.2) is 0 Å². The number of hydrogen-bond donors (Lipinski definition) is 0. The Kier molecular flexibility index (Phi) is 4.50. The highest BCUT2D eigenvalue weighted by Gasteiger charge is 1.97. The lowest BCUT2D eigenvalue weighted by molar-refractivity contribution is 0.665. The summed E-state index contributed by atoms with van der Waals surface area (Å²) in [5.41, 5.74) is 1.02. The van der Waals surface area contributed by atoms with Crippen LogP contribution in [-0.4, -0.2) is 0 Å². The summed E-state index contributed by atoms with van der Waals surface area (Å²) in [5.74, 6) is 0.678. The smallest absolute Gasteiger partial charge is 0.0493 e. The maximum atomic E-state index is 6.01. The van der Waals surface area contributed by atoms with Crippen LogP contribution in [0.25, 0.3) is 6.08 Å². The van der Waals surface area contributed by atoms with Crippen molar-refractivity contribution in [3.8, 4) is 0 Å². The summed E-state index contributed by atoms with van der Waals surface area (Å²) in [6, 6.07) is 5.54. The molecule has 0 spiro atoms. The first-order chi connectivity index (χ1) is 6.59. The Hall–Kier alpha value is -0.460. The van der Waals surface area contributed by atoms with Gasteiger partial charge in [0, 0.05) is 10.0 Å². The minimum Gasteiger partial charge on any atom is -0.0843 e. The van der Waals surface area contributed by atoms with Crippen LogP contribution in [0.4, 0.5) is 0 Å². The largest absolute Gasteiger partial charge is 0.0843 e. The summed E-state index contributed by atoms with van der Waals surface area (Å²) in [6.07, 6.45) is 5.25. The second-order valence-corrected chi connectivity index (χ2v) is 4.54. The predicted molar refractivity (Wildman–Crippen MR) is 65.0 cm³/mol. The molecule has 14 heavy (non-hydrogen) atoms. The molecule has 0 aliphatic carbocycles. The van der Waals surface area contributed by atoms with Gasteiger partial charge in [-0.3, -0.25) is 0 Å². The average molecular weight is 229 g/mol. The predicted octanol–water partition coefficient (Wildman–Crippen LogP) is 5.05. The summed E-state index contributed by atoms with van der Waals surface area (Å²) in [7, 11) is 0. The van der Waals surface area contributed by atoms with Crippen molar-refractivity contribution in [2.75, 3.05) is 0 Å². The molecule has 1 rings (SSSR count). The van der Waals surface area contributed by atoms with Crippen molar-refractivity contribution in [2.45, 2.75) is 20.3 Å². The summed E-state index contributed by atoms with van der Waals surface area (Å²) < 4.78 is 0. The number of rotatable bonds is 3. The molecule has 2 heteroatoms. The second-order valence-electron chi connectivity index (χ2n) is 3.70.